The zero-order valence-electron chi connectivity index (χ0n) is 18.7. The molecule has 0 saturated carbocycles. The predicted octanol–water partition coefficient (Wildman–Crippen LogP) is 4.06. The summed E-state index contributed by atoms with van der Waals surface area (Å²) in [5.41, 5.74) is 4.20. The second kappa shape index (κ2) is 10.7. The average molecular weight is 481 g/mol. The summed E-state index contributed by atoms with van der Waals surface area (Å²) in [4.78, 5) is 22.9. The van der Waals surface area contributed by atoms with E-state index < -0.39 is 27.4 Å². The molecule has 0 atom stereocenters. The maximum absolute atomic E-state index is 13.2. The standard InChI is InChI=1S/C24H24N4O5S/c1-18(2)20-10-8-19(9-11-20)16-25-26-24(29)17-27(21-12-14-22(15-13-21)28(30)31)34(32,33)23-6-4-3-5-7-23/h3-16,18H,17H2,1-2H3,(H,26,29)/b25-16-. The molecule has 0 unspecified atom stereocenters. The number of hydrogen-bond donors (Lipinski definition) is 1. The first-order chi connectivity index (χ1) is 16.2. The van der Waals surface area contributed by atoms with Gasteiger partial charge in [-0.25, -0.2) is 13.8 Å². The Morgan fingerprint density at radius 2 is 1.65 bits per heavy atom. The summed E-state index contributed by atoms with van der Waals surface area (Å²) in [5, 5.41) is 14.9. The lowest BCUT2D eigenvalue weighted by molar-refractivity contribution is -0.384. The Morgan fingerprint density at radius 3 is 2.21 bits per heavy atom. The van der Waals surface area contributed by atoms with Crippen LogP contribution in [-0.2, 0) is 14.8 Å². The number of carbonyl (C=O) groups excluding carboxylic acids is 1. The third kappa shape index (κ3) is 6.04. The van der Waals surface area contributed by atoms with E-state index in [0.717, 1.165) is 9.87 Å². The normalized spacial score (nSPS) is 11.5. The molecule has 0 aromatic heterocycles. The molecule has 176 valence electrons. The van der Waals surface area contributed by atoms with Gasteiger partial charge in [0, 0.05) is 12.1 Å². The van der Waals surface area contributed by atoms with Crippen molar-refractivity contribution in [2.24, 2.45) is 5.10 Å². The minimum atomic E-state index is -4.12. The average Bonchev–Trinajstić information content (AvgIpc) is 2.83. The number of non-ortho nitro benzene ring substituents is 1. The fourth-order valence-corrected chi connectivity index (χ4v) is 4.53. The number of nitrogens with zero attached hydrogens (tertiary/aromatic N) is 3. The molecular weight excluding hydrogens is 456 g/mol. The lowest BCUT2D eigenvalue weighted by Gasteiger charge is -2.23. The van der Waals surface area contributed by atoms with Crippen molar-refractivity contribution in [2.45, 2.75) is 24.7 Å². The van der Waals surface area contributed by atoms with Crippen LogP contribution in [0.4, 0.5) is 11.4 Å². The molecule has 0 aliphatic rings. The summed E-state index contributed by atoms with van der Waals surface area (Å²) in [7, 11) is -4.12. The van der Waals surface area contributed by atoms with Gasteiger partial charge >= 0.3 is 0 Å². The van der Waals surface area contributed by atoms with Crippen LogP contribution in [-0.4, -0.2) is 32.0 Å². The quantitative estimate of drug-likeness (QED) is 0.281. The van der Waals surface area contributed by atoms with Crippen LogP contribution < -0.4 is 9.73 Å². The fraction of sp³-hybridized carbons (Fsp3) is 0.167. The zero-order chi connectivity index (χ0) is 24.7. The van der Waals surface area contributed by atoms with Crippen LogP contribution in [0, 0.1) is 10.1 Å². The highest BCUT2D eigenvalue weighted by atomic mass is 32.2. The lowest BCUT2D eigenvalue weighted by Crippen LogP contribution is -2.39. The van der Waals surface area contributed by atoms with E-state index >= 15 is 0 Å². The SMILES string of the molecule is CC(C)c1ccc(/C=N\NC(=O)CN(c2ccc([N+](=O)[O-])cc2)S(=O)(=O)c2ccccc2)cc1. The second-order valence-corrected chi connectivity index (χ2v) is 9.58. The smallest absolute Gasteiger partial charge is 0.269 e. The number of nitro groups is 1. The van der Waals surface area contributed by atoms with Gasteiger partial charge in [-0.3, -0.25) is 19.2 Å². The molecule has 3 aromatic rings. The number of anilines is 1. The molecule has 3 rings (SSSR count). The monoisotopic (exact) mass is 480 g/mol. The first kappa shape index (κ1) is 24.6. The van der Waals surface area contributed by atoms with Crippen molar-refractivity contribution in [2.75, 3.05) is 10.8 Å². The number of nitro benzene ring substituents is 1. The first-order valence-corrected chi connectivity index (χ1v) is 11.9. The van der Waals surface area contributed by atoms with Gasteiger partial charge in [-0.1, -0.05) is 56.3 Å². The van der Waals surface area contributed by atoms with Gasteiger partial charge in [0.15, 0.2) is 0 Å². The van der Waals surface area contributed by atoms with Gasteiger partial charge in [0.2, 0.25) is 0 Å². The molecule has 10 heteroatoms. The Labute approximate surface area is 197 Å². The van der Waals surface area contributed by atoms with Crippen molar-refractivity contribution >= 4 is 33.5 Å². The largest absolute Gasteiger partial charge is 0.271 e. The molecule has 0 bridgehead atoms. The highest BCUT2D eigenvalue weighted by molar-refractivity contribution is 7.92. The molecule has 0 fully saturated rings. The summed E-state index contributed by atoms with van der Waals surface area (Å²) in [6, 6.07) is 20.2. The molecule has 3 aromatic carbocycles. The molecule has 9 nitrogen and oxygen atoms in total. The first-order valence-electron chi connectivity index (χ1n) is 10.4. The Hall–Kier alpha value is -4.05. The number of nitrogens with one attached hydrogen (secondary N) is 1. The Kier molecular flexibility index (Phi) is 7.75. The van der Waals surface area contributed by atoms with Gasteiger partial charge in [0.05, 0.1) is 21.7 Å². The van der Waals surface area contributed by atoms with E-state index in [4.69, 9.17) is 0 Å². The number of hydrazone groups is 1. The number of benzene rings is 3. The molecule has 0 saturated heterocycles. The molecule has 0 spiro atoms. The molecule has 34 heavy (non-hydrogen) atoms. The Bertz CT molecular complexity index is 1270. The number of amides is 1. The van der Waals surface area contributed by atoms with Crippen LogP contribution in [0.5, 0.6) is 0 Å². The Balaban J connectivity index is 1.80. The minimum Gasteiger partial charge on any atom is -0.271 e. The zero-order valence-corrected chi connectivity index (χ0v) is 19.5. The Morgan fingerprint density at radius 1 is 1.03 bits per heavy atom. The highest BCUT2D eigenvalue weighted by Crippen LogP contribution is 2.25. The lowest BCUT2D eigenvalue weighted by atomic mass is 10.0. The van der Waals surface area contributed by atoms with E-state index in [9.17, 15) is 23.3 Å². The predicted molar refractivity (Wildman–Crippen MR) is 130 cm³/mol. The van der Waals surface area contributed by atoms with Crippen molar-refractivity contribution in [1.29, 1.82) is 0 Å². The van der Waals surface area contributed by atoms with Crippen LogP contribution >= 0.6 is 0 Å². The van der Waals surface area contributed by atoms with Crippen LogP contribution in [0.15, 0.2) is 88.9 Å². The maximum atomic E-state index is 13.2. The van der Waals surface area contributed by atoms with Crippen molar-refractivity contribution in [3.05, 3.63) is 100 Å². The molecule has 1 N–H and O–H groups in total. The number of carbonyl (C=O) groups is 1. The van der Waals surface area contributed by atoms with Crippen LogP contribution in [0.25, 0.3) is 0 Å². The molecule has 1 amide bonds. The second-order valence-electron chi connectivity index (χ2n) is 7.71. The highest BCUT2D eigenvalue weighted by Gasteiger charge is 2.27. The number of hydrogen-bond acceptors (Lipinski definition) is 6. The molecular formula is C24H24N4O5S. The summed E-state index contributed by atoms with van der Waals surface area (Å²) >= 11 is 0. The molecule has 0 aliphatic carbocycles. The van der Waals surface area contributed by atoms with Crippen molar-refractivity contribution in [3.8, 4) is 0 Å². The van der Waals surface area contributed by atoms with Gasteiger partial charge in [-0.05, 0) is 41.3 Å². The van der Waals surface area contributed by atoms with Crippen LogP contribution in [0.2, 0.25) is 0 Å². The molecule has 0 heterocycles. The van der Waals surface area contributed by atoms with Crippen LogP contribution in [0.1, 0.15) is 30.9 Å². The van der Waals surface area contributed by atoms with E-state index in [0.29, 0.717) is 5.92 Å². The van der Waals surface area contributed by atoms with Crippen molar-refractivity contribution < 1.29 is 18.1 Å². The number of sulfonamides is 1. The molecule has 0 radical (unpaired) electrons. The van der Waals surface area contributed by atoms with E-state index in [1.54, 1.807) is 18.2 Å². The summed E-state index contributed by atoms with van der Waals surface area (Å²) in [6.07, 6.45) is 1.46. The summed E-state index contributed by atoms with van der Waals surface area (Å²) in [6.45, 7) is 3.60. The minimum absolute atomic E-state index is 0.0186. The van der Waals surface area contributed by atoms with Crippen molar-refractivity contribution in [3.63, 3.8) is 0 Å². The van der Waals surface area contributed by atoms with Gasteiger partial charge in [-0.15, -0.1) is 0 Å². The summed E-state index contributed by atoms with van der Waals surface area (Å²) in [5.74, 6) is -0.282. The van der Waals surface area contributed by atoms with E-state index in [1.165, 1.54) is 48.2 Å². The van der Waals surface area contributed by atoms with Gasteiger partial charge in [0.25, 0.3) is 21.6 Å². The van der Waals surface area contributed by atoms with E-state index in [-0.39, 0.29) is 16.3 Å². The van der Waals surface area contributed by atoms with Gasteiger partial charge in [0.1, 0.15) is 6.54 Å². The topological polar surface area (TPSA) is 122 Å². The fourth-order valence-electron chi connectivity index (χ4n) is 3.09. The molecule has 0 aliphatic heterocycles. The number of rotatable bonds is 9. The van der Waals surface area contributed by atoms with E-state index in [2.05, 4.69) is 24.4 Å². The third-order valence-corrected chi connectivity index (χ3v) is 6.76. The maximum Gasteiger partial charge on any atom is 0.269 e. The van der Waals surface area contributed by atoms with Crippen molar-refractivity contribution in [1.82, 2.24) is 5.43 Å². The summed E-state index contributed by atoms with van der Waals surface area (Å²) < 4.78 is 27.4. The third-order valence-electron chi connectivity index (χ3n) is 4.97. The van der Waals surface area contributed by atoms with Gasteiger partial charge < -0.3 is 0 Å². The van der Waals surface area contributed by atoms with Crippen LogP contribution in [0.3, 0.4) is 0 Å². The van der Waals surface area contributed by atoms with E-state index in [1.807, 2.05) is 24.3 Å². The van der Waals surface area contributed by atoms with Gasteiger partial charge in [-0.2, -0.15) is 5.10 Å².